The Hall–Kier alpha value is -2.29. The van der Waals surface area contributed by atoms with Crippen LogP contribution < -0.4 is 15.4 Å². The van der Waals surface area contributed by atoms with E-state index in [-0.39, 0.29) is 35.9 Å². The van der Waals surface area contributed by atoms with E-state index in [9.17, 15) is 4.79 Å². The van der Waals surface area contributed by atoms with Gasteiger partial charge in [0.2, 0.25) is 5.91 Å². The highest BCUT2D eigenvalue weighted by Crippen LogP contribution is 2.27. The van der Waals surface area contributed by atoms with Gasteiger partial charge in [0.25, 0.3) is 0 Å². The highest BCUT2D eigenvalue weighted by atomic mass is 127. The second-order valence-electron chi connectivity index (χ2n) is 8.69. The molecule has 7 heteroatoms. The van der Waals surface area contributed by atoms with Gasteiger partial charge in [0, 0.05) is 38.6 Å². The van der Waals surface area contributed by atoms with Crippen LogP contribution in [-0.4, -0.2) is 42.9 Å². The molecule has 2 aromatic carbocycles. The monoisotopic (exact) mass is 562 g/mol. The first kappa shape index (κ1) is 25.3. The zero-order valence-corrected chi connectivity index (χ0v) is 21.7. The summed E-state index contributed by atoms with van der Waals surface area (Å²) in [6.07, 6.45) is 5.47. The lowest BCUT2D eigenvalue weighted by molar-refractivity contribution is -0.134. The third-order valence-corrected chi connectivity index (χ3v) is 6.47. The Labute approximate surface area is 214 Å². The van der Waals surface area contributed by atoms with E-state index < -0.39 is 0 Å². The van der Waals surface area contributed by atoms with Gasteiger partial charge >= 0.3 is 0 Å². The number of nitrogens with zero attached hydrogens (tertiary/aromatic N) is 2. The van der Waals surface area contributed by atoms with Crippen LogP contribution in [0.25, 0.3) is 0 Å². The summed E-state index contributed by atoms with van der Waals surface area (Å²) in [5.74, 6) is 2.23. The predicted molar refractivity (Wildman–Crippen MR) is 143 cm³/mol. The van der Waals surface area contributed by atoms with Crippen LogP contribution in [0.1, 0.15) is 43.2 Å². The number of benzene rings is 2. The van der Waals surface area contributed by atoms with Crippen LogP contribution in [0.5, 0.6) is 5.75 Å². The lowest BCUT2D eigenvalue weighted by Gasteiger charge is -2.21. The van der Waals surface area contributed by atoms with Gasteiger partial charge in [-0.3, -0.25) is 9.79 Å². The summed E-state index contributed by atoms with van der Waals surface area (Å²) in [5, 5.41) is 6.93. The number of guanidine groups is 1. The maximum Gasteiger partial charge on any atom is 0.225 e. The first-order chi connectivity index (χ1) is 15.7. The number of ether oxygens (including phenoxy) is 1. The van der Waals surface area contributed by atoms with Gasteiger partial charge in [0.15, 0.2) is 5.96 Å². The summed E-state index contributed by atoms with van der Waals surface area (Å²) >= 11 is 0. The highest BCUT2D eigenvalue weighted by Gasteiger charge is 2.32. The molecule has 0 spiro atoms. The van der Waals surface area contributed by atoms with Crippen LogP contribution in [-0.2, 0) is 17.9 Å². The van der Waals surface area contributed by atoms with E-state index >= 15 is 0 Å². The molecule has 4 rings (SSSR count). The molecule has 6 nitrogen and oxygen atoms in total. The van der Waals surface area contributed by atoms with Gasteiger partial charge in [-0.1, -0.05) is 55.3 Å². The molecule has 2 aromatic rings. The van der Waals surface area contributed by atoms with Crippen molar-refractivity contribution in [3.63, 3.8) is 0 Å². The number of carbonyl (C=O) groups excluding carboxylic acids is 1. The van der Waals surface area contributed by atoms with Crippen LogP contribution in [0.4, 0.5) is 0 Å². The highest BCUT2D eigenvalue weighted by molar-refractivity contribution is 14.0. The van der Waals surface area contributed by atoms with Gasteiger partial charge in [-0.05, 0) is 42.5 Å². The molecule has 2 fully saturated rings. The Morgan fingerprint density at radius 2 is 1.73 bits per heavy atom. The summed E-state index contributed by atoms with van der Waals surface area (Å²) in [4.78, 5) is 19.1. The van der Waals surface area contributed by atoms with Crippen molar-refractivity contribution in [2.75, 3.05) is 20.1 Å². The zero-order valence-electron chi connectivity index (χ0n) is 19.3. The Bertz CT molecular complexity index is 916. The van der Waals surface area contributed by atoms with Crippen molar-refractivity contribution in [2.45, 2.75) is 51.3 Å². The fourth-order valence-corrected chi connectivity index (χ4v) is 4.62. The maximum absolute atomic E-state index is 12.7. The van der Waals surface area contributed by atoms with Crippen LogP contribution in [0.2, 0.25) is 0 Å². The standard InChI is InChI=1S/C26H34N4O2.HI/c1-27-26(29-23-15-16-30(18-23)25(31)20-9-5-6-10-20)28-17-21-11-7-8-12-22(21)19-32-24-13-3-2-4-14-24;/h2-4,7-8,11-14,20,23H,5-6,9-10,15-19H2,1H3,(H2,27,28,29);1H. The molecule has 1 atom stereocenters. The molecule has 178 valence electrons. The third kappa shape index (κ3) is 7.09. The molecule has 0 bridgehead atoms. The van der Waals surface area contributed by atoms with Crippen molar-refractivity contribution in [2.24, 2.45) is 10.9 Å². The van der Waals surface area contributed by atoms with E-state index in [4.69, 9.17) is 4.74 Å². The Balaban J connectivity index is 0.00000306. The zero-order chi connectivity index (χ0) is 22.2. The number of carbonyl (C=O) groups is 1. The average Bonchev–Trinajstić information content (AvgIpc) is 3.54. The molecule has 0 radical (unpaired) electrons. The smallest absolute Gasteiger partial charge is 0.225 e. The summed E-state index contributed by atoms with van der Waals surface area (Å²) in [5.41, 5.74) is 2.32. The third-order valence-electron chi connectivity index (χ3n) is 6.47. The van der Waals surface area contributed by atoms with E-state index in [0.29, 0.717) is 19.1 Å². The SMILES string of the molecule is CN=C(NCc1ccccc1COc1ccccc1)NC1CCN(C(=O)C2CCCC2)C1.I. The Kier molecular flexibility index (Phi) is 9.84. The molecule has 1 saturated carbocycles. The molecule has 1 saturated heterocycles. The molecular weight excluding hydrogens is 527 g/mol. The van der Waals surface area contributed by atoms with Crippen LogP contribution in [0.3, 0.4) is 0 Å². The number of para-hydroxylation sites is 1. The number of likely N-dealkylation sites (tertiary alicyclic amines) is 1. The van der Waals surface area contributed by atoms with Gasteiger partial charge in [0.05, 0.1) is 0 Å². The fraction of sp³-hybridized carbons (Fsp3) is 0.462. The van der Waals surface area contributed by atoms with E-state index in [1.54, 1.807) is 7.05 Å². The number of halogens is 1. The van der Waals surface area contributed by atoms with Gasteiger partial charge in [-0.15, -0.1) is 24.0 Å². The molecule has 1 heterocycles. The maximum atomic E-state index is 12.7. The van der Waals surface area contributed by atoms with E-state index in [1.807, 2.05) is 47.4 Å². The van der Waals surface area contributed by atoms with E-state index in [0.717, 1.165) is 49.6 Å². The summed E-state index contributed by atoms with van der Waals surface area (Å²) in [6, 6.07) is 18.4. The Morgan fingerprint density at radius 3 is 2.45 bits per heavy atom. The molecule has 1 aliphatic heterocycles. The molecule has 1 unspecified atom stereocenters. The van der Waals surface area contributed by atoms with Crippen molar-refractivity contribution in [3.05, 3.63) is 65.7 Å². The Morgan fingerprint density at radius 1 is 1.03 bits per heavy atom. The van der Waals surface area contributed by atoms with Crippen LogP contribution >= 0.6 is 24.0 Å². The molecule has 1 amide bonds. The molecule has 1 aliphatic carbocycles. The second-order valence-corrected chi connectivity index (χ2v) is 8.69. The summed E-state index contributed by atoms with van der Waals surface area (Å²) < 4.78 is 5.94. The van der Waals surface area contributed by atoms with Gasteiger partial charge in [0.1, 0.15) is 12.4 Å². The molecular formula is C26H35IN4O2. The van der Waals surface area contributed by atoms with Crippen molar-refractivity contribution in [1.29, 1.82) is 0 Å². The van der Waals surface area contributed by atoms with Gasteiger partial charge < -0.3 is 20.3 Å². The van der Waals surface area contributed by atoms with Crippen LogP contribution in [0.15, 0.2) is 59.6 Å². The first-order valence-electron chi connectivity index (χ1n) is 11.7. The number of amides is 1. The second kappa shape index (κ2) is 12.8. The van der Waals surface area contributed by atoms with Crippen molar-refractivity contribution in [1.82, 2.24) is 15.5 Å². The summed E-state index contributed by atoms with van der Waals surface area (Å²) in [7, 11) is 1.79. The van der Waals surface area contributed by atoms with Crippen LogP contribution in [0, 0.1) is 5.92 Å². The van der Waals surface area contributed by atoms with E-state index in [1.165, 1.54) is 18.4 Å². The quantitative estimate of drug-likeness (QED) is 0.300. The molecule has 33 heavy (non-hydrogen) atoms. The largest absolute Gasteiger partial charge is 0.489 e. The molecule has 2 N–H and O–H groups in total. The minimum absolute atomic E-state index is 0. The minimum Gasteiger partial charge on any atom is -0.489 e. The minimum atomic E-state index is 0. The number of hydrogen-bond donors (Lipinski definition) is 2. The van der Waals surface area contributed by atoms with Crippen molar-refractivity contribution in [3.8, 4) is 5.75 Å². The number of rotatable bonds is 7. The van der Waals surface area contributed by atoms with Crippen molar-refractivity contribution >= 4 is 35.8 Å². The number of hydrogen-bond acceptors (Lipinski definition) is 3. The lowest BCUT2D eigenvalue weighted by Crippen LogP contribution is -2.45. The summed E-state index contributed by atoms with van der Waals surface area (Å²) in [6.45, 7) is 2.78. The number of nitrogens with one attached hydrogen (secondary N) is 2. The average molecular weight is 562 g/mol. The normalized spacial score (nSPS) is 18.6. The molecule has 2 aliphatic rings. The fourth-order valence-electron chi connectivity index (χ4n) is 4.62. The number of aliphatic imine (C=N–C) groups is 1. The molecule has 0 aromatic heterocycles. The van der Waals surface area contributed by atoms with Gasteiger partial charge in [-0.25, -0.2) is 0 Å². The topological polar surface area (TPSA) is 66.0 Å². The van der Waals surface area contributed by atoms with E-state index in [2.05, 4.69) is 27.8 Å². The predicted octanol–water partition coefficient (Wildman–Crippen LogP) is 4.34. The lowest BCUT2D eigenvalue weighted by atomic mass is 10.1. The first-order valence-corrected chi connectivity index (χ1v) is 11.7. The van der Waals surface area contributed by atoms with Gasteiger partial charge in [-0.2, -0.15) is 0 Å². The van der Waals surface area contributed by atoms with Crippen molar-refractivity contribution < 1.29 is 9.53 Å².